The van der Waals surface area contributed by atoms with Crippen molar-refractivity contribution in [1.82, 2.24) is 10.3 Å². The third kappa shape index (κ3) is 5.56. The van der Waals surface area contributed by atoms with E-state index in [1.165, 1.54) is 17.7 Å². The van der Waals surface area contributed by atoms with Crippen LogP contribution in [0.2, 0.25) is 0 Å². The average Bonchev–Trinajstić information content (AvgIpc) is 3.26. The maximum atomic E-state index is 5.88. The minimum absolute atomic E-state index is 0.468. The van der Waals surface area contributed by atoms with E-state index >= 15 is 0 Å². The molecule has 0 radical (unpaired) electrons. The van der Waals surface area contributed by atoms with Crippen molar-refractivity contribution < 1.29 is 4.74 Å². The molecule has 6 heteroatoms. The third-order valence-electron chi connectivity index (χ3n) is 3.65. The Balaban J connectivity index is 1.38. The second kappa shape index (κ2) is 7.97. The highest BCUT2D eigenvalue weighted by Crippen LogP contribution is 2.29. The molecule has 2 aromatic rings. The molecule has 1 saturated carbocycles. The molecule has 2 heterocycles. The predicted octanol–water partition coefficient (Wildman–Crippen LogP) is 2.58. The zero-order valence-corrected chi connectivity index (χ0v) is 13.9. The topological polar surface area (TPSA) is 72.5 Å². The average molecular weight is 330 g/mol. The van der Waals surface area contributed by atoms with Crippen LogP contribution in [-0.2, 0) is 13.0 Å². The minimum atomic E-state index is 0.468. The minimum Gasteiger partial charge on any atom is -0.477 e. The van der Waals surface area contributed by atoms with Crippen molar-refractivity contribution in [2.75, 3.05) is 13.2 Å². The van der Waals surface area contributed by atoms with Crippen LogP contribution in [0.4, 0.5) is 0 Å². The van der Waals surface area contributed by atoms with Crippen molar-refractivity contribution in [3.8, 4) is 5.88 Å². The molecular weight excluding hydrogens is 308 g/mol. The van der Waals surface area contributed by atoms with E-state index in [1.54, 1.807) is 17.5 Å². The van der Waals surface area contributed by atoms with Crippen LogP contribution in [0.15, 0.2) is 40.8 Å². The van der Waals surface area contributed by atoms with Gasteiger partial charge in [-0.3, -0.25) is 0 Å². The normalized spacial score (nSPS) is 14.7. The van der Waals surface area contributed by atoms with Crippen molar-refractivity contribution in [2.24, 2.45) is 16.6 Å². The van der Waals surface area contributed by atoms with E-state index in [4.69, 9.17) is 10.5 Å². The number of hydrogen-bond donors (Lipinski definition) is 2. The molecule has 0 unspecified atom stereocenters. The van der Waals surface area contributed by atoms with Gasteiger partial charge in [0.05, 0.1) is 13.2 Å². The van der Waals surface area contributed by atoms with Crippen LogP contribution < -0.4 is 15.8 Å². The zero-order valence-electron chi connectivity index (χ0n) is 13.1. The SMILES string of the molecule is NC(=NCc1ccc(OCC2CC2)nc1)NCCc1cccs1. The molecule has 1 aliphatic rings. The largest absolute Gasteiger partial charge is 0.477 e. The molecule has 3 rings (SSSR count). The molecule has 1 fully saturated rings. The summed E-state index contributed by atoms with van der Waals surface area (Å²) in [5.41, 5.74) is 6.90. The van der Waals surface area contributed by atoms with Crippen LogP contribution in [0, 0.1) is 5.92 Å². The summed E-state index contributed by atoms with van der Waals surface area (Å²) in [6, 6.07) is 8.06. The Morgan fingerprint density at radius 1 is 1.39 bits per heavy atom. The Bertz CT molecular complexity index is 621. The quantitative estimate of drug-likeness (QED) is 0.576. The second-order valence-corrected chi connectivity index (χ2v) is 6.75. The molecule has 0 bridgehead atoms. The summed E-state index contributed by atoms with van der Waals surface area (Å²) in [5.74, 6) is 1.89. The second-order valence-electron chi connectivity index (χ2n) is 5.72. The Morgan fingerprint density at radius 2 is 2.30 bits per heavy atom. The van der Waals surface area contributed by atoms with Gasteiger partial charge in [-0.05, 0) is 42.2 Å². The van der Waals surface area contributed by atoms with Crippen molar-refractivity contribution in [3.63, 3.8) is 0 Å². The molecule has 0 saturated heterocycles. The number of ether oxygens (including phenoxy) is 1. The lowest BCUT2D eigenvalue weighted by Gasteiger charge is -2.06. The lowest BCUT2D eigenvalue weighted by atomic mass is 10.3. The Morgan fingerprint density at radius 3 is 3.00 bits per heavy atom. The highest BCUT2D eigenvalue weighted by atomic mass is 32.1. The zero-order chi connectivity index (χ0) is 15.9. The first-order valence-electron chi connectivity index (χ1n) is 7.93. The van der Waals surface area contributed by atoms with Gasteiger partial charge in [0.25, 0.3) is 0 Å². The van der Waals surface area contributed by atoms with Gasteiger partial charge in [-0.15, -0.1) is 11.3 Å². The number of nitrogens with one attached hydrogen (secondary N) is 1. The molecule has 0 spiro atoms. The van der Waals surface area contributed by atoms with Crippen molar-refractivity contribution in [2.45, 2.75) is 25.8 Å². The number of rotatable bonds is 8. The van der Waals surface area contributed by atoms with Crippen LogP contribution in [0.1, 0.15) is 23.3 Å². The highest BCUT2D eigenvalue weighted by Gasteiger charge is 2.21. The van der Waals surface area contributed by atoms with Gasteiger partial charge in [-0.25, -0.2) is 9.98 Å². The van der Waals surface area contributed by atoms with Crippen LogP contribution >= 0.6 is 11.3 Å². The molecule has 2 aromatic heterocycles. The fourth-order valence-corrected chi connectivity index (χ4v) is 2.79. The van der Waals surface area contributed by atoms with Gasteiger partial charge in [0.15, 0.2) is 5.96 Å². The van der Waals surface area contributed by atoms with E-state index in [2.05, 4.69) is 32.8 Å². The predicted molar refractivity (Wildman–Crippen MR) is 93.8 cm³/mol. The number of pyridine rings is 1. The van der Waals surface area contributed by atoms with Crippen LogP contribution in [0.5, 0.6) is 5.88 Å². The van der Waals surface area contributed by atoms with Gasteiger partial charge in [-0.2, -0.15) is 0 Å². The smallest absolute Gasteiger partial charge is 0.213 e. The summed E-state index contributed by atoms with van der Waals surface area (Å²) in [7, 11) is 0. The van der Waals surface area contributed by atoms with Gasteiger partial charge >= 0.3 is 0 Å². The summed E-state index contributed by atoms with van der Waals surface area (Å²) in [6.07, 6.45) is 5.32. The Labute approximate surface area is 140 Å². The summed E-state index contributed by atoms with van der Waals surface area (Å²) >= 11 is 1.75. The van der Waals surface area contributed by atoms with Crippen LogP contribution in [-0.4, -0.2) is 24.1 Å². The number of hydrogen-bond acceptors (Lipinski definition) is 4. The number of guanidine groups is 1. The molecule has 1 aliphatic carbocycles. The Kier molecular flexibility index (Phi) is 5.47. The molecule has 0 amide bonds. The van der Waals surface area contributed by atoms with E-state index in [-0.39, 0.29) is 0 Å². The first kappa shape index (κ1) is 15.8. The number of aromatic nitrogens is 1. The van der Waals surface area contributed by atoms with E-state index in [0.29, 0.717) is 18.4 Å². The first-order chi connectivity index (χ1) is 11.3. The molecule has 0 atom stereocenters. The lowest BCUT2D eigenvalue weighted by Crippen LogP contribution is -2.33. The van der Waals surface area contributed by atoms with Gasteiger partial charge in [-0.1, -0.05) is 12.1 Å². The fourth-order valence-electron chi connectivity index (χ4n) is 2.08. The third-order valence-corrected chi connectivity index (χ3v) is 4.59. The summed E-state index contributed by atoms with van der Waals surface area (Å²) in [6.45, 7) is 2.10. The summed E-state index contributed by atoms with van der Waals surface area (Å²) < 4.78 is 5.62. The number of nitrogens with zero attached hydrogens (tertiary/aromatic N) is 2. The lowest BCUT2D eigenvalue weighted by molar-refractivity contribution is 0.288. The fraction of sp³-hybridized carbons (Fsp3) is 0.412. The standard InChI is InChI=1S/C17H22N4OS/c18-17(19-8-7-15-2-1-9-23-15)21-11-14-5-6-16(20-10-14)22-12-13-3-4-13/h1-2,5-6,9-10,13H,3-4,7-8,11-12H2,(H3,18,19,21). The van der Waals surface area contributed by atoms with Crippen molar-refractivity contribution in [1.29, 1.82) is 0 Å². The molecule has 5 nitrogen and oxygen atoms in total. The number of aliphatic imine (C=N–C) groups is 1. The number of thiophene rings is 1. The van der Waals surface area contributed by atoms with E-state index in [1.807, 2.05) is 12.1 Å². The van der Waals surface area contributed by atoms with Crippen molar-refractivity contribution >= 4 is 17.3 Å². The first-order valence-corrected chi connectivity index (χ1v) is 8.81. The Hall–Kier alpha value is -2.08. The van der Waals surface area contributed by atoms with Gasteiger partial charge in [0, 0.05) is 23.7 Å². The molecular formula is C17H22N4OS. The summed E-state index contributed by atoms with van der Waals surface area (Å²) in [4.78, 5) is 9.98. The number of nitrogens with two attached hydrogens (primary N) is 1. The molecule has 0 aromatic carbocycles. The van der Waals surface area contributed by atoms with Crippen LogP contribution in [0.25, 0.3) is 0 Å². The van der Waals surface area contributed by atoms with Gasteiger partial charge in [0.2, 0.25) is 5.88 Å². The van der Waals surface area contributed by atoms with Crippen molar-refractivity contribution in [3.05, 3.63) is 46.3 Å². The highest BCUT2D eigenvalue weighted by molar-refractivity contribution is 7.09. The molecule has 122 valence electrons. The van der Waals surface area contributed by atoms with Gasteiger partial charge < -0.3 is 15.8 Å². The van der Waals surface area contributed by atoms with E-state index in [9.17, 15) is 0 Å². The maximum absolute atomic E-state index is 5.88. The summed E-state index contributed by atoms with van der Waals surface area (Å²) in [5, 5.41) is 5.21. The van der Waals surface area contributed by atoms with Gasteiger partial charge in [0.1, 0.15) is 0 Å². The monoisotopic (exact) mass is 330 g/mol. The van der Waals surface area contributed by atoms with Crippen LogP contribution in [0.3, 0.4) is 0 Å². The van der Waals surface area contributed by atoms with E-state index < -0.39 is 0 Å². The van der Waals surface area contributed by atoms with E-state index in [0.717, 1.165) is 31.1 Å². The molecule has 0 aliphatic heterocycles. The maximum Gasteiger partial charge on any atom is 0.213 e. The molecule has 3 N–H and O–H groups in total. The molecule has 23 heavy (non-hydrogen) atoms.